The van der Waals surface area contributed by atoms with Crippen molar-refractivity contribution in [2.45, 2.75) is 19.3 Å². The minimum absolute atomic E-state index is 0.119. The molecular formula is C28H19BN2. The third-order valence-corrected chi connectivity index (χ3v) is 7.47. The van der Waals surface area contributed by atoms with E-state index in [1.165, 1.54) is 55.0 Å². The van der Waals surface area contributed by atoms with Crippen molar-refractivity contribution < 1.29 is 0 Å². The molecule has 0 bridgehead atoms. The number of hydrogen-bond acceptors (Lipinski definition) is 0. The molecule has 0 aliphatic carbocycles. The van der Waals surface area contributed by atoms with Crippen LogP contribution in [0.25, 0.3) is 32.3 Å². The Hall–Kier alpha value is -3.77. The first kappa shape index (κ1) is 17.0. The van der Waals surface area contributed by atoms with Crippen LogP contribution in [0.3, 0.4) is 0 Å². The van der Waals surface area contributed by atoms with Gasteiger partial charge < -0.3 is 4.57 Å². The second-order valence-electron chi connectivity index (χ2n) is 9.28. The number of benzene rings is 4. The zero-order valence-corrected chi connectivity index (χ0v) is 17.5. The van der Waals surface area contributed by atoms with Gasteiger partial charge in [0.25, 0.3) is 0 Å². The third-order valence-electron chi connectivity index (χ3n) is 7.47. The standard InChI is InChI=1S/C28H19BN2/c1-28(2)20-15-14-17(30-3)16-23(20)29-22-11-6-9-19-18-8-4-5-12-24(18)31(27(19)22)25-13-7-10-21(28)26(25)29/h4-16H,1-2H3. The SMILES string of the molecule is [C-]#[N+]c1ccc2c(c1)B1c3c(cccc3C2(C)C)-n2c3ccccc3c3cccc1c32. The lowest BCUT2D eigenvalue weighted by Crippen LogP contribution is -2.63. The Labute approximate surface area is 181 Å². The summed E-state index contributed by atoms with van der Waals surface area (Å²) in [6.07, 6.45) is 0. The van der Waals surface area contributed by atoms with Crippen LogP contribution in [-0.4, -0.2) is 11.3 Å². The van der Waals surface area contributed by atoms with Crippen molar-refractivity contribution in [3.8, 4) is 5.69 Å². The maximum absolute atomic E-state index is 7.61. The molecular weight excluding hydrogens is 375 g/mol. The normalized spacial score (nSPS) is 14.9. The fourth-order valence-electron chi connectivity index (χ4n) is 6.18. The van der Waals surface area contributed by atoms with Gasteiger partial charge in [0.15, 0.2) is 5.69 Å². The van der Waals surface area contributed by atoms with E-state index in [2.05, 4.69) is 96.1 Å². The van der Waals surface area contributed by atoms with Crippen molar-refractivity contribution in [3.05, 3.63) is 101 Å². The van der Waals surface area contributed by atoms with Gasteiger partial charge in [-0.05, 0) is 34.2 Å². The molecule has 144 valence electrons. The highest BCUT2D eigenvalue weighted by atomic mass is 15.0. The van der Waals surface area contributed by atoms with Gasteiger partial charge in [-0.1, -0.05) is 86.0 Å². The highest BCUT2D eigenvalue weighted by molar-refractivity contribution is 6.99. The molecule has 0 saturated heterocycles. The lowest BCUT2D eigenvalue weighted by molar-refractivity contribution is 0.645. The van der Waals surface area contributed by atoms with Crippen molar-refractivity contribution in [2.75, 3.05) is 0 Å². The Morgan fingerprint density at radius 2 is 1.61 bits per heavy atom. The Balaban J connectivity index is 1.74. The smallest absolute Gasteiger partial charge is 0.246 e. The lowest BCUT2D eigenvalue weighted by atomic mass is 9.30. The van der Waals surface area contributed by atoms with Crippen LogP contribution in [0.1, 0.15) is 25.0 Å². The van der Waals surface area contributed by atoms with Gasteiger partial charge in [0.05, 0.1) is 12.1 Å². The van der Waals surface area contributed by atoms with Gasteiger partial charge in [0.2, 0.25) is 6.71 Å². The topological polar surface area (TPSA) is 9.29 Å². The van der Waals surface area contributed by atoms with Crippen LogP contribution in [0.4, 0.5) is 5.69 Å². The van der Waals surface area contributed by atoms with E-state index in [9.17, 15) is 0 Å². The fraction of sp³-hybridized carbons (Fsp3) is 0.107. The predicted octanol–water partition coefficient (Wildman–Crippen LogP) is 4.80. The molecule has 2 nitrogen and oxygen atoms in total. The monoisotopic (exact) mass is 394 g/mol. The summed E-state index contributed by atoms with van der Waals surface area (Å²) >= 11 is 0. The van der Waals surface area contributed by atoms with Crippen LogP contribution >= 0.6 is 0 Å². The lowest BCUT2D eigenvalue weighted by Gasteiger charge is -2.42. The van der Waals surface area contributed by atoms with Gasteiger partial charge in [0, 0.05) is 27.4 Å². The van der Waals surface area contributed by atoms with Crippen molar-refractivity contribution >= 4 is 50.6 Å². The Bertz CT molecular complexity index is 1630. The van der Waals surface area contributed by atoms with Gasteiger partial charge >= 0.3 is 0 Å². The zero-order valence-electron chi connectivity index (χ0n) is 17.5. The molecule has 5 aromatic rings. The summed E-state index contributed by atoms with van der Waals surface area (Å²) < 4.78 is 2.47. The first-order chi connectivity index (χ1) is 15.1. The second-order valence-corrected chi connectivity index (χ2v) is 9.28. The first-order valence-electron chi connectivity index (χ1n) is 10.8. The Morgan fingerprint density at radius 1 is 0.806 bits per heavy atom. The zero-order chi connectivity index (χ0) is 20.9. The highest BCUT2D eigenvalue weighted by Crippen LogP contribution is 2.39. The minimum atomic E-state index is -0.119. The van der Waals surface area contributed by atoms with E-state index < -0.39 is 0 Å². The molecule has 2 aliphatic heterocycles. The van der Waals surface area contributed by atoms with Crippen molar-refractivity contribution in [1.82, 2.24) is 4.57 Å². The number of para-hydroxylation sites is 2. The van der Waals surface area contributed by atoms with E-state index in [0.717, 1.165) is 0 Å². The summed E-state index contributed by atoms with van der Waals surface area (Å²) in [7, 11) is 0. The van der Waals surface area contributed by atoms with Crippen molar-refractivity contribution in [3.63, 3.8) is 0 Å². The fourth-order valence-corrected chi connectivity index (χ4v) is 6.18. The Kier molecular flexibility index (Phi) is 3.00. The van der Waals surface area contributed by atoms with Gasteiger partial charge in [0.1, 0.15) is 0 Å². The molecule has 0 fully saturated rings. The number of hydrogen-bond donors (Lipinski definition) is 0. The van der Waals surface area contributed by atoms with E-state index in [0.29, 0.717) is 5.69 Å². The first-order valence-corrected chi connectivity index (χ1v) is 10.8. The molecule has 0 saturated carbocycles. The molecule has 3 heteroatoms. The van der Waals surface area contributed by atoms with Crippen molar-refractivity contribution in [2.24, 2.45) is 0 Å². The Morgan fingerprint density at radius 3 is 2.48 bits per heavy atom. The van der Waals surface area contributed by atoms with E-state index in [-0.39, 0.29) is 12.1 Å². The van der Waals surface area contributed by atoms with Crippen LogP contribution in [-0.2, 0) is 5.41 Å². The summed E-state index contributed by atoms with van der Waals surface area (Å²) in [6.45, 7) is 12.4. The van der Waals surface area contributed by atoms with Crippen LogP contribution in [0.15, 0.2) is 78.9 Å². The molecule has 0 unspecified atom stereocenters. The summed E-state index contributed by atoms with van der Waals surface area (Å²) in [5, 5.41) is 2.60. The molecule has 0 spiro atoms. The van der Waals surface area contributed by atoms with Gasteiger partial charge in [-0.25, -0.2) is 4.85 Å². The van der Waals surface area contributed by atoms with E-state index in [4.69, 9.17) is 6.57 Å². The predicted molar refractivity (Wildman–Crippen MR) is 130 cm³/mol. The van der Waals surface area contributed by atoms with E-state index >= 15 is 0 Å². The molecule has 0 N–H and O–H groups in total. The molecule has 0 atom stereocenters. The molecule has 0 amide bonds. The number of fused-ring (bicyclic) bond motifs is 7. The van der Waals surface area contributed by atoms with Gasteiger partial charge in [-0.2, -0.15) is 0 Å². The maximum atomic E-state index is 7.61. The van der Waals surface area contributed by atoms with Crippen LogP contribution < -0.4 is 16.4 Å². The van der Waals surface area contributed by atoms with Gasteiger partial charge in [-0.3, -0.25) is 0 Å². The van der Waals surface area contributed by atoms with E-state index in [1.807, 2.05) is 6.07 Å². The molecule has 1 aromatic heterocycles. The summed E-state index contributed by atoms with van der Waals surface area (Å²) in [5.41, 5.74) is 11.2. The molecule has 0 radical (unpaired) electrons. The van der Waals surface area contributed by atoms with Crippen LogP contribution in [0.2, 0.25) is 0 Å². The number of aromatic nitrogens is 1. The third kappa shape index (κ3) is 1.89. The summed E-state index contributed by atoms with van der Waals surface area (Å²) in [4.78, 5) is 3.76. The molecule has 2 aliphatic rings. The molecule has 4 aromatic carbocycles. The maximum Gasteiger partial charge on any atom is 0.246 e. The van der Waals surface area contributed by atoms with E-state index in [1.54, 1.807) is 0 Å². The molecule has 3 heterocycles. The van der Waals surface area contributed by atoms with Crippen LogP contribution in [0, 0.1) is 6.57 Å². The van der Waals surface area contributed by atoms with Gasteiger partial charge in [-0.15, -0.1) is 0 Å². The quantitative estimate of drug-likeness (QED) is 0.259. The number of nitrogens with zero attached hydrogens (tertiary/aromatic N) is 2. The summed E-state index contributed by atoms with van der Waals surface area (Å²) in [6, 6.07) is 28.5. The highest BCUT2D eigenvalue weighted by Gasteiger charge is 2.44. The minimum Gasteiger partial charge on any atom is -0.310 e. The largest absolute Gasteiger partial charge is 0.310 e. The van der Waals surface area contributed by atoms with Crippen molar-refractivity contribution in [1.29, 1.82) is 0 Å². The average molecular weight is 394 g/mol. The second kappa shape index (κ2) is 5.48. The molecule has 31 heavy (non-hydrogen) atoms. The summed E-state index contributed by atoms with van der Waals surface area (Å²) in [5.74, 6) is 0. The van der Waals surface area contributed by atoms with Crippen LogP contribution in [0.5, 0.6) is 0 Å². The molecule has 7 rings (SSSR count). The average Bonchev–Trinajstić information content (AvgIpc) is 3.14. The number of rotatable bonds is 0.